The Kier molecular flexibility index (Phi) is 2.84. The van der Waals surface area contributed by atoms with Gasteiger partial charge in [0, 0.05) is 30.2 Å². The van der Waals surface area contributed by atoms with Crippen molar-refractivity contribution in [2.24, 2.45) is 0 Å². The van der Waals surface area contributed by atoms with Gasteiger partial charge < -0.3 is 5.11 Å². The van der Waals surface area contributed by atoms with Crippen LogP contribution in [0.4, 0.5) is 0 Å². The molecule has 3 nitrogen and oxygen atoms in total. The number of hydrogen-bond acceptors (Lipinski definition) is 3. The maximum absolute atomic E-state index is 10.6. The lowest BCUT2D eigenvalue weighted by atomic mass is 9.92. The maximum Gasteiger partial charge on any atom is 0.0877 e. The van der Waals surface area contributed by atoms with Crippen molar-refractivity contribution in [2.45, 2.75) is 31.8 Å². The van der Waals surface area contributed by atoms with Crippen molar-refractivity contribution in [2.75, 3.05) is 0 Å². The smallest absolute Gasteiger partial charge is 0.0877 e. The van der Waals surface area contributed by atoms with E-state index in [1.54, 1.807) is 12.4 Å². The number of hydrogen-bond donors (Lipinski definition) is 1. The monoisotopic (exact) mass is 240 g/mol. The second kappa shape index (κ2) is 4.50. The van der Waals surface area contributed by atoms with Gasteiger partial charge >= 0.3 is 0 Å². The van der Waals surface area contributed by atoms with Crippen LogP contribution in [0.1, 0.15) is 40.8 Å². The molecule has 18 heavy (non-hydrogen) atoms. The Bertz CT molecular complexity index is 568. The molecular formula is C15H16N2O. The van der Waals surface area contributed by atoms with Crippen LogP contribution in [0.5, 0.6) is 0 Å². The zero-order chi connectivity index (χ0) is 12.5. The molecule has 2 unspecified atom stereocenters. The average Bonchev–Trinajstić information content (AvgIpc) is 2.82. The first-order valence-electron chi connectivity index (χ1n) is 6.29. The summed E-state index contributed by atoms with van der Waals surface area (Å²) in [5, 5.41) is 10.6. The van der Waals surface area contributed by atoms with Gasteiger partial charge in [0.15, 0.2) is 0 Å². The van der Waals surface area contributed by atoms with E-state index in [0.717, 1.165) is 29.7 Å². The van der Waals surface area contributed by atoms with Gasteiger partial charge in [-0.2, -0.15) is 0 Å². The first-order chi connectivity index (χ1) is 8.77. The van der Waals surface area contributed by atoms with E-state index < -0.39 is 6.10 Å². The fourth-order valence-electron chi connectivity index (χ4n) is 2.78. The molecule has 2 aromatic rings. The van der Waals surface area contributed by atoms with Gasteiger partial charge in [-0.25, -0.2) is 0 Å². The Morgan fingerprint density at radius 2 is 2.22 bits per heavy atom. The van der Waals surface area contributed by atoms with Gasteiger partial charge in [-0.3, -0.25) is 9.97 Å². The highest BCUT2D eigenvalue weighted by Gasteiger charge is 2.31. The molecule has 0 saturated heterocycles. The molecule has 0 radical (unpaired) electrons. The van der Waals surface area contributed by atoms with Crippen LogP contribution in [0.25, 0.3) is 0 Å². The largest absolute Gasteiger partial charge is 0.388 e. The van der Waals surface area contributed by atoms with Crippen molar-refractivity contribution < 1.29 is 5.11 Å². The van der Waals surface area contributed by atoms with Crippen molar-refractivity contribution in [3.8, 4) is 0 Å². The van der Waals surface area contributed by atoms with E-state index in [9.17, 15) is 5.11 Å². The molecule has 0 amide bonds. The van der Waals surface area contributed by atoms with Gasteiger partial charge in [-0.15, -0.1) is 0 Å². The predicted molar refractivity (Wildman–Crippen MR) is 69.2 cm³/mol. The van der Waals surface area contributed by atoms with Crippen LogP contribution < -0.4 is 0 Å². The summed E-state index contributed by atoms with van der Waals surface area (Å²) in [5.74, 6) is 0.113. The molecule has 2 heterocycles. The van der Waals surface area contributed by atoms with E-state index >= 15 is 0 Å². The summed E-state index contributed by atoms with van der Waals surface area (Å²) in [5.41, 5.74) is 4.33. The molecule has 0 fully saturated rings. The molecule has 2 aromatic heterocycles. The molecule has 0 bridgehead atoms. The first kappa shape index (κ1) is 11.4. The topological polar surface area (TPSA) is 46.0 Å². The molecule has 92 valence electrons. The van der Waals surface area contributed by atoms with Crippen LogP contribution in [-0.2, 0) is 6.42 Å². The van der Waals surface area contributed by atoms with Crippen molar-refractivity contribution in [1.29, 1.82) is 0 Å². The Labute approximate surface area is 107 Å². The van der Waals surface area contributed by atoms with Crippen molar-refractivity contribution >= 4 is 0 Å². The van der Waals surface area contributed by atoms with Gasteiger partial charge in [-0.05, 0) is 48.6 Å². The Morgan fingerprint density at radius 3 is 3.06 bits per heavy atom. The zero-order valence-electron chi connectivity index (χ0n) is 10.4. The Morgan fingerprint density at radius 1 is 1.33 bits per heavy atom. The van der Waals surface area contributed by atoms with Crippen LogP contribution in [-0.4, -0.2) is 15.1 Å². The molecular weight excluding hydrogens is 224 g/mol. The summed E-state index contributed by atoms with van der Waals surface area (Å²) in [6, 6.07) is 5.97. The van der Waals surface area contributed by atoms with Crippen LogP contribution in [0.3, 0.4) is 0 Å². The number of aryl methyl sites for hydroxylation is 2. The zero-order valence-corrected chi connectivity index (χ0v) is 10.4. The number of aliphatic hydroxyl groups excluding tert-OH is 1. The predicted octanol–water partition coefficient (Wildman–Crippen LogP) is 2.55. The summed E-state index contributed by atoms with van der Waals surface area (Å²) >= 11 is 0. The maximum atomic E-state index is 10.6. The number of fused-ring (bicyclic) bond motifs is 1. The second-order valence-electron chi connectivity index (χ2n) is 4.87. The van der Waals surface area contributed by atoms with Crippen LogP contribution in [0.15, 0.2) is 36.8 Å². The van der Waals surface area contributed by atoms with Gasteiger partial charge in [-0.1, -0.05) is 6.07 Å². The van der Waals surface area contributed by atoms with Crippen LogP contribution >= 0.6 is 0 Å². The number of rotatable bonds is 2. The van der Waals surface area contributed by atoms with Crippen LogP contribution in [0, 0.1) is 6.92 Å². The third-order valence-corrected chi connectivity index (χ3v) is 3.77. The fraction of sp³-hybridized carbons (Fsp3) is 0.333. The summed E-state index contributed by atoms with van der Waals surface area (Å²) < 4.78 is 0. The molecule has 3 heteroatoms. The highest BCUT2D eigenvalue weighted by Crippen LogP contribution is 2.40. The highest BCUT2D eigenvalue weighted by atomic mass is 16.3. The number of aromatic nitrogens is 2. The summed E-state index contributed by atoms with van der Waals surface area (Å²) in [6.07, 6.45) is 6.84. The van der Waals surface area contributed by atoms with E-state index in [1.165, 1.54) is 5.56 Å². The number of nitrogens with zero attached hydrogens (tertiary/aromatic N) is 2. The minimum absolute atomic E-state index is 0.113. The number of aliphatic hydroxyl groups is 1. The Balaban J connectivity index is 1.96. The SMILES string of the molecule is Cc1cnccc1C(O)C1CCc2cccnc21. The van der Waals surface area contributed by atoms with Gasteiger partial charge in [0.2, 0.25) is 0 Å². The minimum atomic E-state index is -0.482. The van der Waals surface area contributed by atoms with Crippen LogP contribution in [0.2, 0.25) is 0 Å². The molecule has 0 aromatic carbocycles. The second-order valence-corrected chi connectivity index (χ2v) is 4.87. The molecule has 2 atom stereocenters. The minimum Gasteiger partial charge on any atom is -0.388 e. The van der Waals surface area contributed by atoms with E-state index in [2.05, 4.69) is 16.0 Å². The molecule has 1 aliphatic carbocycles. The molecule has 3 rings (SSSR count). The van der Waals surface area contributed by atoms with Crippen molar-refractivity contribution in [3.05, 3.63) is 59.2 Å². The molecule has 0 aliphatic heterocycles. The van der Waals surface area contributed by atoms with Gasteiger partial charge in [0.1, 0.15) is 0 Å². The lowest BCUT2D eigenvalue weighted by Crippen LogP contribution is -2.10. The molecule has 0 saturated carbocycles. The normalized spacial score (nSPS) is 19.6. The third kappa shape index (κ3) is 1.81. The van der Waals surface area contributed by atoms with E-state index in [1.807, 2.05) is 25.3 Å². The van der Waals surface area contributed by atoms with E-state index in [4.69, 9.17) is 0 Å². The average molecular weight is 240 g/mol. The third-order valence-electron chi connectivity index (χ3n) is 3.77. The van der Waals surface area contributed by atoms with Crippen molar-refractivity contribution in [1.82, 2.24) is 9.97 Å². The van der Waals surface area contributed by atoms with E-state index in [0.29, 0.717) is 0 Å². The summed E-state index contributed by atoms with van der Waals surface area (Å²) in [6.45, 7) is 1.99. The van der Waals surface area contributed by atoms with Gasteiger partial charge in [0.05, 0.1) is 6.10 Å². The standard InChI is InChI=1S/C15H16N2O/c1-10-9-16-8-6-12(10)15(18)13-5-4-11-3-2-7-17-14(11)13/h2-3,6-9,13,15,18H,4-5H2,1H3. The lowest BCUT2D eigenvalue weighted by molar-refractivity contribution is 0.142. The Hall–Kier alpha value is -1.74. The lowest BCUT2D eigenvalue weighted by Gasteiger charge is -2.20. The van der Waals surface area contributed by atoms with E-state index in [-0.39, 0.29) is 5.92 Å². The van der Waals surface area contributed by atoms with Crippen molar-refractivity contribution in [3.63, 3.8) is 0 Å². The first-order valence-corrected chi connectivity index (χ1v) is 6.29. The fourth-order valence-corrected chi connectivity index (χ4v) is 2.78. The summed E-state index contributed by atoms with van der Waals surface area (Å²) in [4.78, 5) is 8.51. The molecule has 0 spiro atoms. The highest BCUT2D eigenvalue weighted by molar-refractivity contribution is 5.34. The van der Waals surface area contributed by atoms with Gasteiger partial charge in [0.25, 0.3) is 0 Å². The molecule has 1 aliphatic rings. The molecule has 1 N–H and O–H groups in total. The quantitative estimate of drug-likeness (QED) is 0.877. The number of pyridine rings is 2. The summed E-state index contributed by atoms with van der Waals surface area (Å²) in [7, 11) is 0.